The van der Waals surface area contributed by atoms with Crippen LogP contribution >= 0.6 is 11.6 Å². The standard InChI is InChI=1S/C25H29ClN6O4S/c1-18-21(25(31-13-7-8-14-31)32(29-18)19-9-5-4-6-10-19)16-27-36-17-24(33)28-23-15-20(11-12-22(23)26)37(34,35)30(2)3/h4-6,9-12,15-16H,7-8,13-14,17H2,1-3H3,(H,28,33)/b27-16-. The third-order valence-corrected chi connectivity index (χ3v) is 8.07. The first kappa shape index (κ1) is 26.6. The number of para-hydroxylation sites is 1. The molecule has 10 nitrogen and oxygen atoms in total. The molecule has 0 radical (unpaired) electrons. The molecule has 0 aliphatic carbocycles. The van der Waals surface area contributed by atoms with Crippen molar-refractivity contribution in [2.24, 2.45) is 5.16 Å². The van der Waals surface area contributed by atoms with E-state index in [0.717, 1.165) is 53.0 Å². The molecule has 2 aromatic carbocycles. The van der Waals surface area contributed by atoms with Gasteiger partial charge in [-0.25, -0.2) is 17.4 Å². The van der Waals surface area contributed by atoms with Gasteiger partial charge in [-0.3, -0.25) is 4.79 Å². The Morgan fingerprint density at radius 3 is 2.57 bits per heavy atom. The van der Waals surface area contributed by atoms with Crippen molar-refractivity contribution in [3.05, 3.63) is 64.8 Å². The van der Waals surface area contributed by atoms with E-state index in [9.17, 15) is 13.2 Å². The summed E-state index contributed by atoms with van der Waals surface area (Å²) in [7, 11) is -0.830. The zero-order valence-electron chi connectivity index (χ0n) is 20.9. The number of rotatable bonds is 9. The second kappa shape index (κ2) is 11.3. The quantitative estimate of drug-likeness (QED) is 0.325. The highest BCUT2D eigenvalue weighted by Crippen LogP contribution is 2.29. The van der Waals surface area contributed by atoms with Gasteiger partial charge in [0.05, 0.1) is 38.8 Å². The fourth-order valence-electron chi connectivity index (χ4n) is 4.00. The average molecular weight is 545 g/mol. The monoisotopic (exact) mass is 544 g/mol. The van der Waals surface area contributed by atoms with Gasteiger partial charge in [0.25, 0.3) is 5.91 Å². The number of aromatic nitrogens is 2. The van der Waals surface area contributed by atoms with Crippen molar-refractivity contribution in [3.8, 4) is 5.69 Å². The Labute approximate surface area is 221 Å². The van der Waals surface area contributed by atoms with E-state index in [1.54, 1.807) is 6.21 Å². The van der Waals surface area contributed by atoms with Crippen LogP contribution in [0.1, 0.15) is 24.1 Å². The van der Waals surface area contributed by atoms with E-state index in [2.05, 4.69) is 15.4 Å². The number of benzene rings is 2. The Balaban J connectivity index is 1.47. The van der Waals surface area contributed by atoms with E-state index in [0.29, 0.717) is 0 Å². The number of hydrogen-bond donors (Lipinski definition) is 1. The predicted octanol–water partition coefficient (Wildman–Crippen LogP) is 3.67. The van der Waals surface area contributed by atoms with Crippen LogP contribution < -0.4 is 10.2 Å². The van der Waals surface area contributed by atoms with Gasteiger partial charge in [-0.1, -0.05) is 35.0 Å². The van der Waals surface area contributed by atoms with Gasteiger partial charge in [0.15, 0.2) is 6.61 Å². The van der Waals surface area contributed by atoms with Crippen molar-refractivity contribution in [2.75, 3.05) is 44.0 Å². The summed E-state index contributed by atoms with van der Waals surface area (Å²) < 4.78 is 27.8. The number of anilines is 2. The zero-order chi connectivity index (χ0) is 26.6. The molecule has 0 saturated carbocycles. The van der Waals surface area contributed by atoms with Crippen molar-refractivity contribution >= 4 is 45.3 Å². The van der Waals surface area contributed by atoms with Gasteiger partial charge in [0.1, 0.15) is 5.82 Å². The molecule has 12 heteroatoms. The highest BCUT2D eigenvalue weighted by molar-refractivity contribution is 7.89. The Hall–Kier alpha value is -3.41. The number of carbonyl (C=O) groups excluding carboxylic acids is 1. The van der Waals surface area contributed by atoms with E-state index in [-0.39, 0.29) is 22.2 Å². The van der Waals surface area contributed by atoms with Crippen molar-refractivity contribution in [1.82, 2.24) is 14.1 Å². The SMILES string of the molecule is Cc1nn(-c2ccccc2)c(N2CCCC2)c1/C=N\OCC(=O)Nc1cc(S(=O)(=O)N(C)C)ccc1Cl. The second-order valence-electron chi connectivity index (χ2n) is 8.75. The maximum atomic E-state index is 12.4. The number of sulfonamides is 1. The number of amides is 1. The van der Waals surface area contributed by atoms with Crippen LogP contribution in [-0.2, 0) is 19.7 Å². The van der Waals surface area contributed by atoms with Crippen molar-refractivity contribution < 1.29 is 18.0 Å². The minimum absolute atomic E-state index is 0.0106. The molecule has 0 spiro atoms. The van der Waals surface area contributed by atoms with Crippen LogP contribution in [0.2, 0.25) is 5.02 Å². The van der Waals surface area contributed by atoms with Crippen LogP contribution in [0.5, 0.6) is 0 Å². The molecular formula is C25H29ClN6O4S. The molecule has 0 bridgehead atoms. The normalized spacial score (nSPS) is 14.0. The minimum Gasteiger partial charge on any atom is -0.386 e. The Bertz CT molecular complexity index is 1400. The molecule has 0 unspecified atom stereocenters. The number of nitrogens with zero attached hydrogens (tertiary/aromatic N) is 5. The Kier molecular flexibility index (Phi) is 8.16. The molecule has 1 amide bonds. The van der Waals surface area contributed by atoms with Gasteiger partial charge in [-0.2, -0.15) is 5.10 Å². The smallest absolute Gasteiger partial charge is 0.265 e. The maximum Gasteiger partial charge on any atom is 0.265 e. The summed E-state index contributed by atoms with van der Waals surface area (Å²) in [5.74, 6) is 0.401. The van der Waals surface area contributed by atoms with Crippen molar-refractivity contribution in [3.63, 3.8) is 0 Å². The van der Waals surface area contributed by atoms with Gasteiger partial charge in [-0.15, -0.1) is 0 Å². The van der Waals surface area contributed by atoms with E-state index in [1.165, 1.54) is 32.3 Å². The van der Waals surface area contributed by atoms with E-state index in [1.807, 2.05) is 41.9 Å². The Morgan fingerprint density at radius 1 is 1.19 bits per heavy atom. The van der Waals surface area contributed by atoms with Gasteiger partial charge < -0.3 is 15.1 Å². The molecule has 1 aliphatic heterocycles. The molecule has 1 fully saturated rings. The molecule has 37 heavy (non-hydrogen) atoms. The third-order valence-electron chi connectivity index (χ3n) is 5.93. The van der Waals surface area contributed by atoms with E-state index < -0.39 is 15.9 Å². The molecule has 1 aromatic heterocycles. The first-order valence-electron chi connectivity index (χ1n) is 11.8. The van der Waals surface area contributed by atoms with Crippen LogP contribution in [0.4, 0.5) is 11.5 Å². The highest BCUT2D eigenvalue weighted by Gasteiger charge is 2.24. The fourth-order valence-corrected chi connectivity index (χ4v) is 5.10. The van der Waals surface area contributed by atoms with Gasteiger partial charge in [0.2, 0.25) is 10.0 Å². The minimum atomic E-state index is -3.68. The molecule has 1 N–H and O–H groups in total. The lowest BCUT2D eigenvalue weighted by Crippen LogP contribution is -2.23. The van der Waals surface area contributed by atoms with Gasteiger partial charge in [0, 0.05) is 27.2 Å². The van der Waals surface area contributed by atoms with Crippen molar-refractivity contribution in [2.45, 2.75) is 24.7 Å². The van der Waals surface area contributed by atoms with Crippen LogP contribution in [-0.4, -0.2) is 68.4 Å². The van der Waals surface area contributed by atoms with E-state index >= 15 is 0 Å². The molecular weight excluding hydrogens is 516 g/mol. The van der Waals surface area contributed by atoms with Crippen molar-refractivity contribution in [1.29, 1.82) is 0 Å². The molecule has 1 saturated heterocycles. The molecule has 4 rings (SSSR count). The lowest BCUT2D eigenvalue weighted by molar-refractivity contribution is -0.120. The summed E-state index contributed by atoms with van der Waals surface area (Å²) in [6, 6.07) is 14.0. The maximum absolute atomic E-state index is 12.4. The third kappa shape index (κ3) is 5.95. The summed E-state index contributed by atoms with van der Waals surface area (Å²) in [4.78, 5) is 20.0. The summed E-state index contributed by atoms with van der Waals surface area (Å²) in [5, 5.41) is 11.5. The summed E-state index contributed by atoms with van der Waals surface area (Å²) >= 11 is 6.15. The molecule has 196 valence electrons. The predicted molar refractivity (Wildman–Crippen MR) is 144 cm³/mol. The van der Waals surface area contributed by atoms with E-state index in [4.69, 9.17) is 21.5 Å². The molecule has 2 heterocycles. The zero-order valence-corrected chi connectivity index (χ0v) is 22.5. The number of nitrogens with one attached hydrogen (secondary N) is 1. The summed E-state index contributed by atoms with van der Waals surface area (Å²) in [6.45, 7) is 3.36. The van der Waals surface area contributed by atoms with Crippen LogP contribution in [0.25, 0.3) is 5.69 Å². The van der Waals surface area contributed by atoms with Gasteiger partial charge in [-0.05, 0) is 50.1 Å². The molecule has 0 atom stereocenters. The van der Waals surface area contributed by atoms with Crippen LogP contribution in [0, 0.1) is 6.92 Å². The summed E-state index contributed by atoms with van der Waals surface area (Å²) in [6.07, 6.45) is 3.78. The number of aryl methyl sites for hydroxylation is 1. The number of hydrogen-bond acceptors (Lipinski definition) is 7. The highest BCUT2D eigenvalue weighted by atomic mass is 35.5. The largest absolute Gasteiger partial charge is 0.386 e. The number of carbonyl (C=O) groups is 1. The number of oxime groups is 1. The average Bonchev–Trinajstić information content (AvgIpc) is 3.51. The lowest BCUT2D eigenvalue weighted by atomic mass is 10.2. The molecule has 1 aliphatic rings. The summed E-state index contributed by atoms with van der Waals surface area (Å²) in [5.41, 5.74) is 2.71. The lowest BCUT2D eigenvalue weighted by Gasteiger charge is -2.20. The Morgan fingerprint density at radius 2 is 1.89 bits per heavy atom. The van der Waals surface area contributed by atoms with Gasteiger partial charge >= 0.3 is 0 Å². The second-order valence-corrected chi connectivity index (χ2v) is 11.3. The molecule has 3 aromatic rings. The topological polar surface area (TPSA) is 109 Å². The first-order valence-corrected chi connectivity index (χ1v) is 13.6. The number of halogens is 1. The first-order chi connectivity index (χ1) is 17.7. The van der Waals surface area contributed by atoms with Crippen LogP contribution in [0.3, 0.4) is 0 Å². The fraction of sp³-hybridized carbons (Fsp3) is 0.320. The van der Waals surface area contributed by atoms with Crippen LogP contribution in [0.15, 0.2) is 58.6 Å².